The number of amides is 2. The summed E-state index contributed by atoms with van der Waals surface area (Å²) < 4.78 is 5.89. The summed E-state index contributed by atoms with van der Waals surface area (Å²) in [5.74, 6) is -1.29. The number of H-pyrrole nitrogens is 1. The third-order valence-corrected chi connectivity index (χ3v) is 4.51. The first-order valence-electron chi connectivity index (χ1n) is 8.45. The maximum absolute atomic E-state index is 12.5. The van der Waals surface area contributed by atoms with Crippen LogP contribution in [0.4, 0.5) is 5.69 Å². The van der Waals surface area contributed by atoms with E-state index >= 15 is 0 Å². The number of carbonyl (C=O) groups excluding carboxylic acids is 3. The number of halogens is 1. The van der Waals surface area contributed by atoms with Crippen molar-refractivity contribution in [1.29, 1.82) is 0 Å². The number of rotatable bonds is 6. The molecule has 2 aromatic rings. The van der Waals surface area contributed by atoms with E-state index in [1.54, 1.807) is 26.8 Å². The van der Waals surface area contributed by atoms with E-state index in [2.05, 4.69) is 31.5 Å². The van der Waals surface area contributed by atoms with Gasteiger partial charge in [0.25, 0.3) is 5.91 Å². The Morgan fingerprint density at radius 2 is 1.89 bits per heavy atom. The Morgan fingerprint density at radius 3 is 2.52 bits per heavy atom. The zero-order chi connectivity index (χ0) is 20.1. The van der Waals surface area contributed by atoms with Gasteiger partial charge in [-0.15, -0.1) is 0 Å². The molecule has 0 atom stereocenters. The van der Waals surface area contributed by atoms with E-state index in [-0.39, 0.29) is 24.8 Å². The molecule has 0 aliphatic rings. The lowest BCUT2D eigenvalue weighted by Gasteiger charge is -2.10. The molecular formula is C19H22BrN3O4. The normalized spacial score (nSPS) is 10.4. The molecule has 0 aliphatic heterocycles. The van der Waals surface area contributed by atoms with Crippen LogP contribution in [0, 0.1) is 20.8 Å². The van der Waals surface area contributed by atoms with Crippen molar-refractivity contribution in [3.63, 3.8) is 0 Å². The van der Waals surface area contributed by atoms with E-state index in [0.29, 0.717) is 22.5 Å². The van der Waals surface area contributed by atoms with Gasteiger partial charge in [-0.05, 0) is 57.0 Å². The van der Waals surface area contributed by atoms with Crippen molar-refractivity contribution in [1.82, 2.24) is 10.3 Å². The van der Waals surface area contributed by atoms with Crippen LogP contribution in [0.2, 0.25) is 0 Å². The van der Waals surface area contributed by atoms with Gasteiger partial charge in [-0.3, -0.25) is 9.59 Å². The van der Waals surface area contributed by atoms with Crippen molar-refractivity contribution >= 4 is 39.4 Å². The lowest BCUT2D eigenvalue weighted by molar-refractivity contribution is -0.115. The Bertz CT molecular complexity index is 889. The lowest BCUT2D eigenvalue weighted by Crippen LogP contribution is -2.33. The van der Waals surface area contributed by atoms with Gasteiger partial charge < -0.3 is 20.4 Å². The quantitative estimate of drug-likeness (QED) is 0.606. The molecule has 3 N–H and O–H groups in total. The number of ether oxygens (including phenoxy) is 1. The van der Waals surface area contributed by atoms with E-state index in [1.165, 1.54) is 0 Å². The summed E-state index contributed by atoms with van der Waals surface area (Å²) in [6, 6.07) is 5.49. The topological polar surface area (TPSA) is 100 Å². The Labute approximate surface area is 166 Å². The summed E-state index contributed by atoms with van der Waals surface area (Å²) in [5.41, 5.74) is 3.20. The number of aromatic nitrogens is 1. The SMILES string of the molecule is CCOC(=O)c1[nH]c(C)c(C(=O)NCC(=O)Nc2ccc(Br)cc2C)c1C. The molecule has 1 heterocycles. The average molecular weight is 436 g/mol. The van der Waals surface area contributed by atoms with Crippen LogP contribution in [0.3, 0.4) is 0 Å². The van der Waals surface area contributed by atoms with Crippen molar-refractivity contribution in [2.75, 3.05) is 18.5 Å². The predicted octanol–water partition coefficient (Wildman–Crippen LogP) is 3.25. The number of aromatic amines is 1. The molecule has 2 rings (SSSR count). The molecule has 0 bridgehead atoms. The summed E-state index contributed by atoms with van der Waals surface area (Å²) in [4.78, 5) is 39.4. The van der Waals surface area contributed by atoms with Gasteiger partial charge >= 0.3 is 5.97 Å². The molecule has 0 unspecified atom stereocenters. The largest absolute Gasteiger partial charge is 0.461 e. The highest BCUT2D eigenvalue weighted by molar-refractivity contribution is 9.10. The first-order chi connectivity index (χ1) is 12.7. The zero-order valence-electron chi connectivity index (χ0n) is 15.7. The van der Waals surface area contributed by atoms with Crippen LogP contribution in [0.15, 0.2) is 22.7 Å². The standard InChI is InChI=1S/C19H22BrN3O4/c1-5-27-19(26)17-11(3)16(12(4)22-17)18(25)21-9-15(24)23-14-7-6-13(20)8-10(14)2/h6-8,22H,5,9H2,1-4H3,(H,21,25)(H,23,24). The molecule has 7 nitrogen and oxygen atoms in total. The third-order valence-electron chi connectivity index (χ3n) is 4.02. The fraction of sp³-hybridized carbons (Fsp3) is 0.316. The first kappa shape index (κ1) is 20.7. The fourth-order valence-electron chi connectivity index (χ4n) is 2.71. The molecular weight excluding hydrogens is 414 g/mol. The number of hydrogen-bond donors (Lipinski definition) is 3. The van der Waals surface area contributed by atoms with Crippen LogP contribution in [0.25, 0.3) is 0 Å². The molecule has 1 aromatic heterocycles. The number of esters is 1. The Kier molecular flexibility index (Phi) is 6.79. The van der Waals surface area contributed by atoms with Crippen LogP contribution in [0.1, 0.15) is 44.6 Å². The Balaban J connectivity index is 2.03. The molecule has 144 valence electrons. The molecule has 27 heavy (non-hydrogen) atoms. The third kappa shape index (κ3) is 4.97. The summed E-state index contributed by atoms with van der Waals surface area (Å²) in [6.07, 6.45) is 0. The van der Waals surface area contributed by atoms with Crippen molar-refractivity contribution < 1.29 is 19.1 Å². The molecule has 0 spiro atoms. The Morgan fingerprint density at radius 1 is 1.19 bits per heavy atom. The van der Waals surface area contributed by atoms with Crippen molar-refractivity contribution in [3.8, 4) is 0 Å². The highest BCUT2D eigenvalue weighted by Crippen LogP contribution is 2.20. The van der Waals surface area contributed by atoms with Crippen molar-refractivity contribution in [2.24, 2.45) is 0 Å². The number of nitrogens with one attached hydrogen (secondary N) is 3. The lowest BCUT2D eigenvalue weighted by atomic mass is 10.1. The van der Waals surface area contributed by atoms with Gasteiger partial charge in [0, 0.05) is 15.9 Å². The molecule has 0 saturated heterocycles. The molecule has 0 aliphatic carbocycles. The van der Waals surface area contributed by atoms with E-state index in [1.807, 2.05) is 19.1 Å². The second kappa shape index (κ2) is 8.85. The number of benzene rings is 1. The second-order valence-electron chi connectivity index (χ2n) is 6.04. The minimum atomic E-state index is -0.513. The molecule has 0 fully saturated rings. The molecule has 0 radical (unpaired) electrons. The van der Waals surface area contributed by atoms with Crippen LogP contribution in [0.5, 0.6) is 0 Å². The van der Waals surface area contributed by atoms with Gasteiger partial charge in [-0.1, -0.05) is 15.9 Å². The monoisotopic (exact) mass is 435 g/mol. The highest BCUT2D eigenvalue weighted by Gasteiger charge is 2.23. The molecule has 8 heteroatoms. The van der Waals surface area contributed by atoms with Gasteiger partial charge in [-0.2, -0.15) is 0 Å². The van der Waals surface area contributed by atoms with Crippen LogP contribution < -0.4 is 10.6 Å². The zero-order valence-corrected chi connectivity index (χ0v) is 17.2. The minimum Gasteiger partial charge on any atom is -0.461 e. The molecule has 0 saturated carbocycles. The smallest absolute Gasteiger partial charge is 0.355 e. The summed E-state index contributed by atoms with van der Waals surface area (Å²) in [6.45, 7) is 7.00. The maximum Gasteiger partial charge on any atom is 0.355 e. The number of hydrogen-bond acceptors (Lipinski definition) is 4. The number of carbonyl (C=O) groups is 3. The van der Waals surface area contributed by atoms with Gasteiger partial charge in [0.05, 0.1) is 18.7 Å². The van der Waals surface area contributed by atoms with E-state index in [4.69, 9.17) is 4.74 Å². The van der Waals surface area contributed by atoms with Crippen molar-refractivity contribution in [3.05, 3.63) is 50.8 Å². The van der Waals surface area contributed by atoms with Gasteiger partial charge in [0.2, 0.25) is 5.91 Å². The summed E-state index contributed by atoms with van der Waals surface area (Å²) in [5, 5.41) is 5.34. The molecule has 1 aromatic carbocycles. The molecule has 2 amide bonds. The van der Waals surface area contributed by atoms with Crippen LogP contribution in [-0.4, -0.2) is 35.9 Å². The van der Waals surface area contributed by atoms with Crippen LogP contribution in [-0.2, 0) is 9.53 Å². The van der Waals surface area contributed by atoms with Gasteiger partial charge in [-0.25, -0.2) is 4.79 Å². The maximum atomic E-state index is 12.5. The van der Waals surface area contributed by atoms with Crippen molar-refractivity contribution in [2.45, 2.75) is 27.7 Å². The van der Waals surface area contributed by atoms with E-state index < -0.39 is 11.9 Å². The summed E-state index contributed by atoms with van der Waals surface area (Å²) >= 11 is 3.37. The van der Waals surface area contributed by atoms with Crippen LogP contribution >= 0.6 is 15.9 Å². The Hall–Kier alpha value is -2.61. The first-order valence-corrected chi connectivity index (χ1v) is 9.24. The average Bonchev–Trinajstić information content (AvgIpc) is 2.90. The summed E-state index contributed by atoms with van der Waals surface area (Å²) in [7, 11) is 0. The predicted molar refractivity (Wildman–Crippen MR) is 106 cm³/mol. The van der Waals surface area contributed by atoms with Gasteiger partial charge in [0.15, 0.2) is 0 Å². The highest BCUT2D eigenvalue weighted by atomic mass is 79.9. The number of aryl methyl sites for hydroxylation is 2. The second-order valence-corrected chi connectivity index (χ2v) is 6.95. The minimum absolute atomic E-state index is 0.187. The number of anilines is 1. The van der Waals surface area contributed by atoms with E-state index in [9.17, 15) is 14.4 Å². The van der Waals surface area contributed by atoms with Gasteiger partial charge in [0.1, 0.15) is 5.69 Å². The van der Waals surface area contributed by atoms with E-state index in [0.717, 1.165) is 10.0 Å². The fourth-order valence-corrected chi connectivity index (χ4v) is 3.18.